The van der Waals surface area contributed by atoms with E-state index in [-0.39, 0.29) is 29.4 Å². The number of rotatable bonds is 7. The summed E-state index contributed by atoms with van der Waals surface area (Å²) in [5.41, 5.74) is 0.724. The van der Waals surface area contributed by atoms with E-state index in [4.69, 9.17) is 9.15 Å². The molecule has 0 aliphatic carbocycles. The van der Waals surface area contributed by atoms with Crippen molar-refractivity contribution in [1.82, 2.24) is 9.29 Å². The summed E-state index contributed by atoms with van der Waals surface area (Å²) < 4.78 is 51.6. The topological polar surface area (TPSA) is 90.5 Å². The Kier molecular flexibility index (Phi) is 5.10. The van der Waals surface area contributed by atoms with Crippen LogP contribution >= 0.6 is 0 Å². The van der Waals surface area contributed by atoms with E-state index in [9.17, 15) is 17.6 Å². The quantitative estimate of drug-likeness (QED) is 0.634. The molecular formula is C17H17FN2O5S. The molecule has 9 heteroatoms. The van der Waals surface area contributed by atoms with Gasteiger partial charge in [0.1, 0.15) is 11.6 Å². The molecule has 1 heterocycles. The second kappa shape index (κ2) is 7.30. The van der Waals surface area contributed by atoms with Gasteiger partial charge in [0.25, 0.3) is 0 Å². The zero-order valence-corrected chi connectivity index (χ0v) is 14.8. The lowest BCUT2D eigenvalue weighted by molar-refractivity contribution is 0.311. The lowest BCUT2D eigenvalue weighted by Crippen LogP contribution is -2.25. The molecule has 1 aromatic heterocycles. The van der Waals surface area contributed by atoms with E-state index >= 15 is 0 Å². The zero-order valence-electron chi connectivity index (χ0n) is 13.9. The fraction of sp³-hybridized carbons (Fsp3) is 0.235. The van der Waals surface area contributed by atoms with Crippen molar-refractivity contribution in [2.24, 2.45) is 7.05 Å². The minimum atomic E-state index is -3.73. The summed E-state index contributed by atoms with van der Waals surface area (Å²) in [7, 11) is -2.19. The van der Waals surface area contributed by atoms with Crippen LogP contribution in [-0.4, -0.2) is 26.1 Å². The molecule has 2 aromatic carbocycles. The van der Waals surface area contributed by atoms with Crippen LogP contribution in [0.15, 0.2) is 56.6 Å². The van der Waals surface area contributed by atoms with Crippen molar-refractivity contribution in [3.05, 3.63) is 58.8 Å². The summed E-state index contributed by atoms with van der Waals surface area (Å²) in [6.07, 6.45) is 0.430. The van der Waals surface area contributed by atoms with Crippen LogP contribution in [0.25, 0.3) is 11.1 Å². The maximum absolute atomic E-state index is 12.8. The number of benzene rings is 2. The molecule has 0 unspecified atom stereocenters. The number of aryl methyl sites for hydroxylation is 1. The van der Waals surface area contributed by atoms with Crippen molar-refractivity contribution in [2.75, 3.05) is 13.2 Å². The standard InChI is InChI=1S/C17H17FN2O5S/c1-20-15-8-7-14(11-16(15)25-17(20)21)26(22,23)19-9-2-10-24-13-5-3-12(18)4-6-13/h3-8,11,19H,2,9-10H2,1H3. The highest BCUT2D eigenvalue weighted by Crippen LogP contribution is 2.18. The van der Waals surface area contributed by atoms with Gasteiger partial charge in [-0.25, -0.2) is 22.3 Å². The van der Waals surface area contributed by atoms with E-state index in [2.05, 4.69) is 4.72 Å². The predicted molar refractivity (Wildman–Crippen MR) is 93.2 cm³/mol. The molecule has 3 rings (SSSR count). The third-order valence-corrected chi connectivity index (χ3v) is 5.23. The van der Waals surface area contributed by atoms with Crippen LogP contribution in [0, 0.1) is 5.82 Å². The van der Waals surface area contributed by atoms with Gasteiger partial charge in [-0.15, -0.1) is 0 Å². The van der Waals surface area contributed by atoms with Gasteiger partial charge < -0.3 is 9.15 Å². The second-order valence-corrected chi connectivity index (χ2v) is 7.38. The van der Waals surface area contributed by atoms with Gasteiger partial charge in [0.2, 0.25) is 10.0 Å². The molecule has 0 aliphatic rings. The van der Waals surface area contributed by atoms with Crippen molar-refractivity contribution in [3.8, 4) is 5.75 Å². The molecular weight excluding hydrogens is 363 g/mol. The molecule has 0 aliphatic heterocycles. The number of oxazole rings is 1. The first-order chi connectivity index (χ1) is 12.4. The van der Waals surface area contributed by atoms with Gasteiger partial charge >= 0.3 is 5.76 Å². The molecule has 0 bridgehead atoms. The first-order valence-corrected chi connectivity index (χ1v) is 9.33. The van der Waals surface area contributed by atoms with Crippen molar-refractivity contribution < 1.29 is 22.0 Å². The van der Waals surface area contributed by atoms with E-state index in [1.54, 1.807) is 7.05 Å². The second-order valence-electron chi connectivity index (χ2n) is 5.61. The van der Waals surface area contributed by atoms with Crippen molar-refractivity contribution in [2.45, 2.75) is 11.3 Å². The average molecular weight is 380 g/mol. The first kappa shape index (κ1) is 18.2. The van der Waals surface area contributed by atoms with Crippen LogP contribution in [0.3, 0.4) is 0 Å². The monoisotopic (exact) mass is 380 g/mol. The van der Waals surface area contributed by atoms with Crippen LogP contribution in [0.4, 0.5) is 4.39 Å². The number of fused-ring (bicyclic) bond motifs is 1. The summed E-state index contributed by atoms with van der Waals surface area (Å²) in [4.78, 5) is 11.5. The van der Waals surface area contributed by atoms with Crippen molar-refractivity contribution in [3.63, 3.8) is 0 Å². The van der Waals surface area contributed by atoms with Gasteiger partial charge in [-0.1, -0.05) is 0 Å². The average Bonchev–Trinajstić information content (AvgIpc) is 2.90. The highest BCUT2D eigenvalue weighted by Gasteiger charge is 2.16. The summed E-state index contributed by atoms with van der Waals surface area (Å²) in [6, 6.07) is 9.83. The SMILES string of the molecule is Cn1c(=O)oc2cc(S(=O)(=O)NCCCOc3ccc(F)cc3)ccc21. The first-order valence-electron chi connectivity index (χ1n) is 7.84. The Bertz CT molecular complexity index is 1070. The van der Waals surface area contributed by atoms with E-state index in [1.165, 1.54) is 47.0 Å². The van der Waals surface area contributed by atoms with Crippen LogP contribution in [-0.2, 0) is 17.1 Å². The van der Waals surface area contributed by atoms with E-state index in [0.29, 0.717) is 17.7 Å². The van der Waals surface area contributed by atoms with Crippen LogP contribution in [0.5, 0.6) is 5.75 Å². The van der Waals surface area contributed by atoms with Gasteiger partial charge in [-0.2, -0.15) is 0 Å². The van der Waals surface area contributed by atoms with Gasteiger partial charge in [-0.05, 0) is 42.8 Å². The fourth-order valence-corrected chi connectivity index (χ4v) is 3.45. The number of nitrogens with one attached hydrogen (secondary N) is 1. The zero-order chi connectivity index (χ0) is 18.7. The number of sulfonamides is 1. The largest absolute Gasteiger partial charge is 0.494 e. The molecule has 0 fully saturated rings. The predicted octanol–water partition coefficient (Wildman–Crippen LogP) is 2.02. The summed E-state index contributed by atoms with van der Waals surface area (Å²) >= 11 is 0. The van der Waals surface area contributed by atoms with Gasteiger partial charge in [0, 0.05) is 19.7 Å². The lowest BCUT2D eigenvalue weighted by atomic mass is 10.3. The molecule has 0 saturated heterocycles. The van der Waals surface area contributed by atoms with E-state index < -0.39 is 15.8 Å². The van der Waals surface area contributed by atoms with Crippen LogP contribution in [0.1, 0.15) is 6.42 Å². The number of hydrogen-bond acceptors (Lipinski definition) is 5. The number of ether oxygens (including phenoxy) is 1. The molecule has 138 valence electrons. The maximum atomic E-state index is 12.8. The van der Waals surface area contributed by atoms with Crippen molar-refractivity contribution in [1.29, 1.82) is 0 Å². The molecule has 0 atom stereocenters. The Labute approximate surface area is 149 Å². The molecule has 1 N–H and O–H groups in total. The van der Waals surface area contributed by atoms with Crippen LogP contribution in [0.2, 0.25) is 0 Å². The molecule has 3 aromatic rings. The molecule has 7 nitrogen and oxygen atoms in total. The minimum Gasteiger partial charge on any atom is -0.494 e. The number of nitrogens with zero attached hydrogens (tertiary/aromatic N) is 1. The number of halogens is 1. The highest BCUT2D eigenvalue weighted by molar-refractivity contribution is 7.89. The molecule has 0 saturated carbocycles. The molecule has 0 spiro atoms. The van der Waals surface area contributed by atoms with Gasteiger partial charge in [0.15, 0.2) is 5.58 Å². The third kappa shape index (κ3) is 3.94. The van der Waals surface area contributed by atoms with E-state index in [1.807, 2.05) is 0 Å². The number of aromatic nitrogens is 1. The maximum Gasteiger partial charge on any atom is 0.419 e. The minimum absolute atomic E-state index is 0.0128. The molecule has 26 heavy (non-hydrogen) atoms. The summed E-state index contributed by atoms with van der Waals surface area (Å²) in [5.74, 6) is -0.393. The Hall–Kier alpha value is -2.65. The lowest BCUT2D eigenvalue weighted by Gasteiger charge is -2.08. The van der Waals surface area contributed by atoms with Gasteiger partial charge in [0.05, 0.1) is 17.0 Å². The normalized spacial score (nSPS) is 11.8. The third-order valence-electron chi connectivity index (χ3n) is 3.77. The fourth-order valence-electron chi connectivity index (χ4n) is 2.36. The Morgan fingerprint density at radius 3 is 2.65 bits per heavy atom. The highest BCUT2D eigenvalue weighted by atomic mass is 32.2. The van der Waals surface area contributed by atoms with Crippen molar-refractivity contribution >= 4 is 21.1 Å². The Morgan fingerprint density at radius 2 is 1.92 bits per heavy atom. The van der Waals surface area contributed by atoms with E-state index in [0.717, 1.165) is 0 Å². The Balaban J connectivity index is 1.57. The molecule has 0 radical (unpaired) electrons. The summed E-state index contributed by atoms with van der Waals surface area (Å²) in [6.45, 7) is 0.445. The van der Waals surface area contributed by atoms with Crippen LogP contribution < -0.4 is 15.2 Å². The smallest absolute Gasteiger partial charge is 0.419 e. The molecule has 0 amide bonds. The Morgan fingerprint density at radius 1 is 1.19 bits per heavy atom. The number of hydrogen-bond donors (Lipinski definition) is 1. The summed E-state index contributed by atoms with van der Waals surface area (Å²) in [5, 5.41) is 0. The van der Waals surface area contributed by atoms with Gasteiger partial charge in [-0.3, -0.25) is 4.57 Å².